The van der Waals surface area contributed by atoms with Crippen molar-refractivity contribution >= 4 is 22.9 Å². The SMILES string of the molecule is CC(C)(C)C1CCc2c(C(=O)Nc3ccc(F)c(F)c3)csc2C1. The molecule has 1 atom stereocenters. The fourth-order valence-corrected chi connectivity index (χ4v) is 4.38. The molecular weight excluding hydrogens is 328 g/mol. The largest absolute Gasteiger partial charge is 0.322 e. The number of hydrogen-bond acceptors (Lipinski definition) is 2. The zero-order chi connectivity index (χ0) is 17.5. The number of carbonyl (C=O) groups is 1. The molecule has 1 amide bonds. The highest BCUT2D eigenvalue weighted by Crippen LogP contribution is 2.40. The monoisotopic (exact) mass is 349 g/mol. The number of anilines is 1. The zero-order valence-electron chi connectivity index (χ0n) is 14.1. The first-order valence-electron chi connectivity index (χ1n) is 8.11. The highest BCUT2D eigenvalue weighted by Gasteiger charge is 2.31. The summed E-state index contributed by atoms with van der Waals surface area (Å²) in [5.41, 5.74) is 2.30. The maximum Gasteiger partial charge on any atom is 0.256 e. The molecule has 1 unspecified atom stereocenters. The van der Waals surface area contributed by atoms with Crippen molar-refractivity contribution < 1.29 is 13.6 Å². The van der Waals surface area contributed by atoms with E-state index in [1.54, 1.807) is 11.3 Å². The second-order valence-electron chi connectivity index (χ2n) is 7.44. The molecule has 0 fully saturated rings. The average Bonchev–Trinajstić information content (AvgIpc) is 2.93. The molecule has 0 saturated heterocycles. The first kappa shape index (κ1) is 17.1. The van der Waals surface area contributed by atoms with Gasteiger partial charge in [-0.05, 0) is 48.3 Å². The summed E-state index contributed by atoms with van der Waals surface area (Å²) >= 11 is 1.62. The van der Waals surface area contributed by atoms with Crippen molar-refractivity contribution in [3.8, 4) is 0 Å². The van der Waals surface area contributed by atoms with Crippen molar-refractivity contribution in [2.75, 3.05) is 5.32 Å². The van der Waals surface area contributed by atoms with Gasteiger partial charge in [-0.15, -0.1) is 11.3 Å². The Kier molecular flexibility index (Phi) is 4.47. The number of benzene rings is 1. The number of fused-ring (bicyclic) bond motifs is 1. The fourth-order valence-electron chi connectivity index (χ4n) is 3.21. The molecule has 0 spiro atoms. The molecule has 0 bridgehead atoms. The summed E-state index contributed by atoms with van der Waals surface area (Å²) in [4.78, 5) is 13.8. The Hall–Kier alpha value is -1.75. The minimum Gasteiger partial charge on any atom is -0.322 e. The normalized spacial score (nSPS) is 17.5. The van der Waals surface area contributed by atoms with Crippen LogP contribution in [0.1, 0.15) is 48.0 Å². The molecule has 1 aliphatic carbocycles. The van der Waals surface area contributed by atoms with Crippen LogP contribution in [0.3, 0.4) is 0 Å². The third-order valence-electron chi connectivity index (χ3n) is 4.80. The summed E-state index contributed by atoms with van der Waals surface area (Å²) in [6, 6.07) is 3.38. The van der Waals surface area contributed by atoms with Crippen molar-refractivity contribution in [1.82, 2.24) is 0 Å². The van der Waals surface area contributed by atoms with Gasteiger partial charge < -0.3 is 5.32 Å². The van der Waals surface area contributed by atoms with Crippen LogP contribution in [0.15, 0.2) is 23.6 Å². The summed E-state index contributed by atoms with van der Waals surface area (Å²) in [5, 5.41) is 4.54. The van der Waals surface area contributed by atoms with Gasteiger partial charge in [-0.25, -0.2) is 8.78 Å². The lowest BCUT2D eigenvalue weighted by molar-refractivity contribution is 0.102. The van der Waals surface area contributed by atoms with E-state index in [-0.39, 0.29) is 17.0 Å². The van der Waals surface area contributed by atoms with Gasteiger partial charge in [0.25, 0.3) is 5.91 Å². The lowest BCUT2D eigenvalue weighted by Crippen LogP contribution is -2.27. The first-order valence-corrected chi connectivity index (χ1v) is 8.99. The molecule has 24 heavy (non-hydrogen) atoms. The van der Waals surface area contributed by atoms with Crippen LogP contribution in [-0.2, 0) is 12.8 Å². The maximum absolute atomic E-state index is 13.3. The molecule has 1 aromatic carbocycles. The van der Waals surface area contributed by atoms with Crippen LogP contribution in [-0.4, -0.2) is 5.91 Å². The molecule has 0 radical (unpaired) electrons. The third kappa shape index (κ3) is 3.36. The van der Waals surface area contributed by atoms with E-state index in [9.17, 15) is 13.6 Å². The summed E-state index contributed by atoms with van der Waals surface area (Å²) in [7, 11) is 0. The van der Waals surface area contributed by atoms with Crippen molar-refractivity contribution in [2.24, 2.45) is 11.3 Å². The van der Waals surface area contributed by atoms with E-state index in [0.29, 0.717) is 11.5 Å². The second-order valence-corrected chi connectivity index (χ2v) is 8.40. The Morgan fingerprint density at radius 2 is 2.00 bits per heavy atom. The van der Waals surface area contributed by atoms with Gasteiger partial charge in [0.15, 0.2) is 11.6 Å². The van der Waals surface area contributed by atoms with Gasteiger partial charge >= 0.3 is 0 Å². The van der Waals surface area contributed by atoms with Crippen LogP contribution in [0.5, 0.6) is 0 Å². The summed E-state index contributed by atoms with van der Waals surface area (Å²) in [6.45, 7) is 6.77. The fraction of sp³-hybridized carbons (Fsp3) is 0.421. The van der Waals surface area contributed by atoms with E-state index < -0.39 is 11.6 Å². The topological polar surface area (TPSA) is 29.1 Å². The van der Waals surface area contributed by atoms with Gasteiger partial charge in [-0.3, -0.25) is 4.79 Å². The Balaban J connectivity index is 1.78. The standard InChI is InChI=1S/C19H21F2NOS/c1-19(2,3)11-4-6-13-14(10-24-17(13)8-11)18(23)22-12-5-7-15(20)16(21)9-12/h5,7,9-11H,4,6,8H2,1-3H3,(H,22,23). The number of rotatable bonds is 2. The molecule has 0 aliphatic heterocycles. The molecule has 1 heterocycles. The van der Waals surface area contributed by atoms with Gasteiger partial charge in [0, 0.05) is 22.0 Å². The van der Waals surface area contributed by atoms with E-state index in [0.717, 1.165) is 37.0 Å². The number of amides is 1. The van der Waals surface area contributed by atoms with Crippen LogP contribution >= 0.6 is 11.3 Å². The van der Waals surface area contributed by atoms with Crippen molar-refractivity contribution in [2.45, 2.75) is 40.0 Å². The lowest BCUT2D eigenvalue weighted by Gasteiger charge is -2.34. The number of hydrogen-bond donors (Lipinski definition) is 1. The van der Waals surface area contributed by atoms with E-state index >= 15 is 0 Å². The van der Waals surface area contributed by atoms with Gasteiger partial charge in [0.2, 0.25) is 0 Å². The number of carbonyl (C=O) groups excluding carboxylic acids is 1. The van der Waals surface area contributed by atoms with E-state index in [4.69, 9.17) is 0 Å². The molecule has 1 N–H and O–H groups in total. The predicted octanol–water partition coefficient (Wildman–Crippen LogP) is 5.43. The van der Waals surface area contributed by atoms with Crippen LogP contribution in [0.4, 0.5) is 14.5 Å². The van der Waals surface area contributed by atoms with Gasteiger partial charge in [-0.1, -0.05) is 20.8 Å². The van der Waals surface area contributed by atoms with Gasteiger partial charge in [0.1, 0.15) is 0 Å². The molecule has 128 valence electrons. The smallest absolute Gasteiger partial charge is 0.256 e. The lowest BCUT2D eigenvalue weighted by atomic mass is 9.72. The van der Waals surface area contributed by atoms with Crippen LogP contribution < -0.4 is 5.32 Å². The van der Waals surface area contributed by atoms with Crippen LogP contribution in [0, 0.1) is 23.0 Å². The molecule has 0 saturated carbocycles. The number of thiophene rings is 1. The molecule has 1 aliphatic rings. The Morgan fingerprint density at radius 1 is 1.25 bits per heavy atom. The maximum atomic E-state index is 13.3. The average molecular weight is 349 g/mol. The highest BCUT2D eigenvalue weighted by atomic mass is 32.1. The molecule has 2 aromatic rings. The Morgan fingerprint density at radius 3 is 2.67 bits per heavy atom. The van der Waals surface area contributed by atoms with Gasteiger partial charge in [0.05, 0.1) is 5.56 Å². The first-order chi connectivity index (χ1) is 11.3. The summed E-state index contributed by atoms with van der Waals surface area (Å²) in [6.07, 6.45) is 2.96. The molecule has 5 heteroatoms. The van der Waals surface area contributed by atoms with Crippen LogP contribution in [0.2, 0.25) is 0 Å². The van der Waals surface area contributed by atoms with E-state index in [1.165, 1.54) is 10.9 Å². The van der Waals surface area contributed by atoms with Crippen molar-refractivity contribution in [1.29, 1.82) is 0 Å². The number of halogens is 2. The quantitative estimate of drug-likeness (QED) is 0.769. The minimum absolute atomic E-state index is 0.257. The van der Waals surface area contributed by atoms with Crippen molar-refractivity contribution in [3.05, 3.63) is 51.2 Å². The Bertz CT molecular complexity index is 776. The van der Waals surface area contributed by atoms with Crippen LogP contribution in [0.25, 0.3) is 0 Å². The predicted molar refractivity (Wildman–Crippen MR) is 93.6 cm³/mol. The zero-order valence-corrected chi connectivity index (χ0v) is 14.9. The molecule has 1 aromatic heterocycles. The Labute approximate surface area is 144 Å². The van der Waals surface area contributed by atoms with Gasteiger partial charge in [-0.2, -0.15) is 0 Å². The third-order valence-corrected chi connectivity index (χ3v) is 5.85. The molecular formula is C19H21F2NOS. The summed E-state index contributed by atoms with van der Waals surface area (Å²) < 4.78 is 26.3. The minimum atomic E-state index is -0.965. The van der Waals surface area contributed by atoms with E-state index in [1.807, 2.05) is 5.38 Å². The van der Waals surface area contributed by atoms with Crippen molar-refractivity contribution in [3.63, 3.8) is 0 Å². The highest BCUT2D eigenvalue weighted by molar-refractivity contribution is 7.10. The molecule has 3 rings (SSSR count). The summed E-state index contributed by atoms with van der Waals surface area (Å²) in [5.74, 6) is -1.53. The second kappa shape index (κ2) is 6.28. The number of nitrogens with one attached hydrogen (secondary N) is 1. The van der Waals surface area contributed by atoms with E-state index in [2.05, 4.69) is 26.1 Å². The molecule has 2 nitrogen and oxygen atoms in total.